The van der Waals surface area contributed by atoms with Crippen LogP contribution in [0.3, 0.4) is 0 Å². The van der Waals surface area contributed by atoms with E-state index in [9.17, 15) is 14.3 Å². The van der Waals surface area contributed by atoms with Gasteiger partial charge in [0, 0.05) is 39.2 Å². The first-order valence-corrected chi connectivity index (χ1v) is 10.9. The molecule has 0 saturated carbocycles. The van der Waals surface area contributed by atoms with E-state index in [4.69, 9.17) is 23.2 Å². The van der Waals surface area contributed by atoms with Crippen molar-refractivity contribution in [2.24, 2.45) is 4.99 Å². The molecule has 3 aromatic carbocycles. The van der Waals surface area contributed by atoms with E-state index >= 15 is 0 Å². The third kappa shape index (κ3) is 4.73. The number of fused-ring (bicyclic) bond motifs is 3. The van der Waals surface area contributed by atoms with Gasteiger partial charge < -0.3 is 10.4 Å². The summed E-state index contributed by atoms with van der Waals surface area (Å²) in [7, 11) is 0. The molecule has 176 valence electrons. The summed E-state index contributed by atoms with van der Waals surface area (Å²) >= 11 is 12.3. The van der Waals surface area contributed by atoms with E-state index < -0.39 is 5.97 Å². The monoisotopic (exact) mass is 508 g/mol. The number of carboxylic acid groups (broad SMARTS) is 1. The fraction of sp³-hybridized carbons (Fsp3) is 0.0769. The van der Waals surface area contributed by atoms with E-state index in [-0.39, 0.29) is 36.3 Å². The van der Waals surface area contributed by atoms with Crippen molar-refractivity contribution in [1.29, 1.82) is 0 Å². The van der Waals surface area contributed by atoms with Crippen LogP contribution in [0.4, 0.5) is 16.0 Å². The predicted molar refractivity (Wildman–Crippen MR) is 137 cm³/mol. The number of benzene rings is 3. The van der Waals surface area contributed by atoms with Crippen molar-refractivity contribution in [2.75, 3.05) is 5.32 Å². The maximum atomic E-state index is 14.7. The van der Waals surface area contributed by atoms with Gasteiger partial charge >= 0.3 is 5.97 Å². The highest BCUT2D eigenvalue weighted by molar-refractivity contribution is 6.33. The third-order valence-corrected chi connectivity index (χ3v) is 5.91. The van der Waals surface area contributed by atoms with Crippen molar-refractivity contribution in [3.63, 3.8) is 0 Å². The molecule has 1 aliphatic heterocycles. The Hall–Kier alpha value is -3.81. The van der Waals surface area contributed by atoms with E-state index in [1.165, 1.54) is 18.2 Å². The van der Waals surface area contributed by atoms with Gasteiger partial charge in [-0.15, -0.1) is 0 Å². The minimum Gasteiger partial charge on any atom is -0.478 e. The average Bonchev–Trinajstić information content (AvgIpc) is 2.97. The summed E-state index contributed by atoms with van der Waals surface area (Å²) in [5.74, 6) is -1.27. The molecule has 2 heterocycles. The highest BCUT2D eigenvalue weighted by Gasteiger charge is 2.23. The second-order valence-electron chi connectivity index (χ2n) is 7.53. The lowest BCUT2D eigenvalue weighted by atomic mass is 9.95. The lowest BCUT2D eigenvalue weighted by Crippen LogP contribution is -2.07. The highest BCUT2D eigenvalue weighted by Crippen LogP contribution is 2.34. The maximum Gasteiger partial charge on any atom is 0.337 e. The quantitative estimate of drug-likeness (QED) is 0.309. The zero-order chi connectivity index (χ0) is 23.8. The van der Waals surface area contributed by atoms with E-state index in [0.717, 1.165) is 11.1 Å². The molecule has 0 amide bonds. The normalized spacial score (nSPS) is 11.9. The molecule has 0 fully saturated rings. The molecule has 2 N–H and O–H groups in total. The zero-order valence-corrected chi connectivity index (χ0v) is 18.9. The fourth-order valence-corrected chi connectivity index (χ4v) is 4.13. The van der Waals surface area contributed by atoms with Gasteiger partial charge in [-0.05, 0) is 42.5 Å². The molecule has 0 atom stereocenters. The Morgan fingerprint density at radius 3 is 2.57 bits per heavy atom. The van der Waals surface area contributed by atoms with E-state index in [0.29, 0.717) is 33.2 Å². The summed E-state index contributed by atoms with van der Waals surface area (Å²) in [5.41, 5.74) is 4.03. The Morgan fingerprint density at radius 1 is 1.00 bits per heavy atom. The van der Waals surface area contributed by atoms with Crippen LogP contribution in [0.25, 0.3) is 11.3 Å². The molecular weight excluding hydrogens is 490 g/mol. The van der Waals surface area contributed by atoms with Gasteiger partial charge in [0.1, 0.15) is 5.82 Å². The van der Waals surface area contributed by atoms with E-state index in [1.807, 2.05) is 6.07 Å². The van der Waals surface area contributed by atoms with Gasteiger partial charge in [0.05, 0.1) is 28.5 Å². The number of anilines is 2. The van der Waals surface area contributed by atoms with Crippen LogP contribution in [-0.2, 0) is 6.54 Å². The number of aromatic nitrogens is 2. The smallest absolute Gasteiger partial charge is 0.337 e. The molecule has 9 heteroatoms. The van der Waals surface area contributed by atoms with Crippen molar-refractivity contribution in [3.05, 3.63) is 105 Å². The number of carbonyl (C=O) groups is 1. The van der Waals surface area contributed by atoms with Crippen LogP contribution in [-0.4, -0.2) is 26.8 Å². The van der Waals surface area contributed by atoms with Crippen LogP contribution in [0, 0.1) is 5.82 Å². The first-order chi connectivity index (χ1) is 16.4. The molecule has 0 bridgehead atoms. The van der Waals surface area contributed by atoms with Gasteiger partial charge in [-0.3, -0.25) is 4.99 Å². The maximum absolute atomic E-state index is 14.7. The molecule has 0 aliphatic carbocycles. The number of nitrogens with zero attached hydrogens (tertiary/aromatic N) is 3. The Morgan fingerprint density at radius 2 is 1.80 bits per heavy atom. The Labute approximate surface area is 211 Å². The fourth-order valence-electron chi connectivity index (χ4n) is 3.76. The molecule has 6 nitrogen and oxygen atoms in total. The van der Waals surface area contributed by atoms with Gasteiger partial charge in [-0.2, -0.15) is 0 Å². The van der Waals surface area contributed by atoms with Crippen molar-refractivity contribution in [3.8, 4) is 11.3 Å². The van der Waals surface area contributed by atoms with E-state index in [2.05, 4.69) is 20.3 Å². The minimum atomic E-state index is -1.14. The van der Waals surface area contributed by atoms with Gasteiger partial charge in [0.2, 0.25) is 5.95 Å². The molecular formula is C26H19Cl2FN4O2. The molecule has 0 saturated heterocycles. The number of carboxylic acids is 1. The number of rotatable bonds is 4. The van der Waals surface area contributed by atoms with Crippen LogP contribution >= 0.6 is 23.2 Å². The zero-order valence-electron chi connectivity index (χ0n) is 17.4. The molecule has 35 heavy (non-hydrogen) atoms. The van der Waals surface area contributed by atoms with Crippen molar-refractivity contribution in [1.82, 2.24) is 9.97 Å². The topological polar surface area (TPSA) is 87.5 Å². The van der Waals surface area contributed by atoms with Crippen molar-refractivity contribution >= 4 is 46.5 Å². The number of aromatic carboxylic acids is 1. The second kappa shape index (κ2) is 9.82. The average molecular weight is 509 g/mol. The molecule has 0 radical (unpaired) electrons. The Kier molecular flexibility index (Phi) is 6.82. The molecule has 5 rings (SSSR count). The first kappa shape index (κ1) is 24.3. The number of hydrogen-bond donors (Lipinski definition) is 2. The van der Waals surface area contributed by atoms with Crippen molar-refractivity contribution in [2.45, 2.75) is 14.0 Å². The summed E-state index contributed by atoms with van der Waals surface area (Å²) < 4.78 is 14.7. The number of aliphatic imine (C=N–C) groups is 1. The summed E-state index contributed by atoms with van der Waals surface area (Å²) in [6.07, 6.45) is 1.64. The van der Waals surface area contributed by atoms with Crippen LogP contribution in [0.5, 0.6) is 0 Å². The van der Waals surface area contributed by atoms with Crippen LogP contribution in [0.1, 0.15) is 34.5 Å². The van der Waals surface area contributed by atoms with Crippen LogP contribution in [0.15, 0.2) is 71.9 Å². The molecule has 4 aromatic rings. The summed E-state index contributed by atoms with van der Waals surface area (Å²) in [6, 6.07) is 16.3. The van der Waals surface area contributed by atoms with Gasteiger partial charge in [-0.25, -0.2) is 19.2 Å². The third-order valence-electron chi connectivity index (χ3n) is 5.35. The Bertz CT molecular complexity index is 1490. The van der Waals surface area contributed by atoms with Gasteiger partial charge in [0.15, 0.2) is 0 Å². The number of hydrogen-bond acceptors (Lipinski definition) is 5. The largest absolute Gasteiger partial charge is 0.478 e. The molecule has 1 aliphatic rings. The SMILES string of the molecule is C.O=C(O)c1cc(Nc2ncc3c(n2)-c2ccc(Cl)cc2C(c2ccccc2F)=NC3)ccc1Cl. The summed E-state index contributed by atoms with van der Waals surface area (Å²) in [5, 5.41) is 13.0. The van der Waals surface area contributed by atoms with Crippen LogP contribution in [0.2, 0.25) is 10.0 Å². The second-order valence-corrected chi connectivity index (χ2v) is 8.37. The predicted octanol–water partition coefficient (Wildman–Crippen LogP) is 7.02. The number of nitrogens with one attached hydrogen (secondary N) is 1. The van der Waals surface area contributed by atoms with Gasteiger partial charge in [-0.1, -0.05) is 48.8 Å². The van der Waals surface area contributed by atoms with E-state index in [1.54, 1.807) is 42.6 Å². The lowest BCUT2D eigenvalue weighted by molar-refractivity contribution is 0.0697. The summed E-state index contributed by atoms with van der Waals surface area (Å²) in [4.78, 5) is 25.1. The lowest BCUT2D eigenvalue weighted by Gasteiger charge is -2.13. The molecule has 0 spiro atoms. The standard InChI is InChI=1S/C25H15Cl2FN4O2.CH4/c26-14-5-7-16-18(9-14)23(17-3-1-2-4-21(17)28)29-11-13-12-30-25(32-22(13)16)31-15-6-8-20(27)19(10-15)24(33)34;/h1-10,12H,11H2,(H,33,34)(H,30,31,32);1H4. The molecule has 1 aromatic heterocycles. The molecule has 0 unspecified atom stereocenters. The number of halogens is 3. The van der Waals surface area contributed by atoms with Crippen LogP contribution < -0.4 is 5.32 Å². The summed E-state index contributed by atoms with van der Waals surface area (Å²) in [6.45, 7) is 0.246. The first-order valence-electron chi connectivity index (χ1n) is 10.2. The van der Waals surface area contributed by atoms with Crippen molar-refractivity contribution < 1.29 is 14.3 Å². The highest BCUT2D eigenvalue weighted by atomic mass is 35.5. The van der Waals surface area contributed by atoms with Gasteiger partial charge in [0.25, 0.3) is 0 Å². The Balaban J connectivity index is 0.00000289. The minimum absolute atomic E-state index is 0.